The molecule has 1 atom stereocenters. The Kier molecular flexibility index (Phi) is 5.70. The maximum absolute atomic E-state index is 13.9. The van der Waals surface area contributed by atoms with Crippen LogP contribution < -0.4 is 4.90 Å². The van der Waals surface area contributed by atoms with E-state index in [4.69, 9.17) is 0 Å². The van der Waals surface area contributed by atoms with Crippen molar-refractivity contribution in [2.75, 3.05) is 24.5 Å². The number of fused-ring (bicyclic) bond motifs is 1. The molecule has 0 spiro atoms. The van der Waals surface area contributed by atoms with Gasteiger partial charge in [-0.3, -0.25) is 4.79 Å². The van der Waals surface area contributed by atoms with Gasteiger partial charge in [-0.15, -0.1) is 0 Å². The van der Waals surface area contributed by atoms with Crippen LogP contribution in [0.15, 0.2) is 66.9 Å². The smallest absolute Gasteiger partial charge is 0.365 e. The summed E-state index contributed by atoms with van der Waals surface area (Å²) in [4.78, 5) is 21.8. The molecule has 5 rings (SSSR count). The lowest BCUT2D eigenvalue weighted by atomic mass is 10.1. The molecule has 0 unspecified atom stereocenters. The van der Waals surface area contributed by atoms with Gasteiger partial charge in [-0.1, -0.05) is 48.0 Å². The summed E-state index contributed by atoms with van der Waals surface area (Å²) in [6.07, 6.45) is -3.48. The van der Waals surface area contributed by atoms with Crippen LogP contribution in [0.2, 0.25) is 0 Å². The molecule has 1 amide bonds. The Morgan fingerprint density at radius 1 is 1.03 bits per heavy atom. The van der Waals surface area contributed by atoms with E-state index in [1.165, 1.54) is 11.8 Å². The molecule has 1 aliphatic heterocycles. The predicted molar refractivity (Wildman–Crippen MR) is 127 cm³/mol. The second-order valence-corrected chi connectivity index (χ2v) is 8.81. The summed E-state index contributed by atoms with van der Waals surface area (Å²) in [5.41, 5.74) is 1.90. The second kappa shape index (κ2) is 8.72. The van der Waals surface area contributed by atoms with Crippen molar-refractivity contribution in [2.24, 2.45) is 0 Å². The molecule has 0 radical (unpaired) electrons. The lowest BCUT2D eigenvalue weighted by Crippen LogP contribution is -2.53. The van der Waals surface area contributed by atoms with Gasteiger partial charge in [0.2, 0.25) is 0 Å². The molecular weight excluding hydrogens is 455 g/mol. The average Bonchev–Trinajstić information content (AvgIpc) is 3.27. The van der Waals surface area contributed by atoms with E-state index in [0.29, 0.717) is 29.7 Å². The molecule has 0 saturated carbocycles. The lowest BCUT2D eigenvalue weighted by molar-refractivity contribution is -0.142. The number of hydrogen-bond acceptors (Lipinski definition) is 4. The van der Waals surface area contributed by atoms with E-state index in [1.807, 2.05) is 26.0 Å². The zero-order valence-electron chi connectivity index (χ0n) is 19.3. The van der Waals surface area contributed by atoms with Gasteiger partial charge in [0.25, 0.3) is 5.91 Å². The molecule has 1 saturated heterocycles. The van der Waals surface area contributed by atoms with Gasteiger partial charge < -0.3 is 9.80 Å². The molecule has 0 bridgehead atoms. The molecule has 35 heavy (non-hydrogen) atoms. The van der Waals surface area contributed by atoms with Crippen molar-refractivity contribution in [1.82, 2.24) is 19.5 Å². The third-order valence-corrected chi connectivity index (χ3v) is 6.34. The fraction of sp³-hybridized carbons (Fsp3) is 0.269. The van der Waals surface area contributed by atoms with Crippen molar-refractivity contribution in [2.45, 2.75) is 26.1 Å². The Hall–Kier alpha value is -3.88. The highest BCUT2D eigenvalue weighted by Crippen LogP contribution is 2.33. The van der Waals surface area contributed by atoms with Gasteiger partial charge in [0.15, 0.2) is 11.3 Å². The van der Waals surface area contributed by atoms with Crippen LogP contribution in [-0.4, -0.2) is 51.1 Å². The Morgan fingerprint density at radius 3 is 2.40 bits per heavy atom. The van der Waals surface area contributed by atoms with Crippen LogP contribution in [0.25, 0.3) is 16.9 Å². The summed E-state index contributed by atoms with van der Waals surface area (Å²) in [5, 5.41) is 3.90. The standard InChI is InChI=1S/C26H24F3N5O/c1-17-8-10-20(11-9-17)33-13-12-32(16-18(33)2)25(35)21-15-30-34-23(26(27,28)29)14-22(31-24(21)34)19-6-4-3-5-7-19/h3-11,14-15,18H,12-13,16H2,1-2H3/t18-/m0/s1. The first-order chi connectivity index (χ1) is 16.7. The van der Waals surface area contributed by atoms with Crippen molar-refractivity contribution in [3.63, 3.8) is 0 Å². The molecular formula is C26H24F3N5O. The van der Waals surface area contributed by atoms with Crippen molar-refractivity contribution >= 4 is 17.2 Å². The van der Waals surface area contributed by atoms with Gasteiger partial charge in [0, 0.05) is 36.9 Å². The number of benzene rings is 2. The zero-order chi connectivity index (χ0) is 24.7. The molecule has 2 aromatic carbocycles. The first kappa shape index (κ1) is 22.9. The van der Waals surface area contributed by atoms with Gasteiger partial charge in [0.1, 0.15) is 5.56 Å². The number of halogens is 3. The summed E-state index contributed by atoms with van der Waals surface area (Å²) in [5.74, 6) is -0.374. The topological polar surface area (TPSA) is 53.7 Å². The Morgan fingerprint density at radius 2 is 1.74 bits per heavy atom. The van der Waals surface area contributed by atoms with Crippen LogP contribution in [0.5, 0.6) is 0 Å². The molecule has 3 heterocycles. The van der Waals surface area contributed by atoms with Gasteiger partial charge in [-0.25, -0.2) is 9.50 Å². The van der Waals surface area contributed by atoms with E-state index >= 15 is 0 Å². The van der Waals surface area contributed by atoms with Gasteiger partial charge in [0.05, 0.1) is 11.9 Å². The maximum Gasteiger partial charge on any atom is 0.433 e. The molecule has 180 valence electrons. The minimum atomic E-state index is -4.66. The van der Waals surface area contributed by atoms with Gasteiger partial charge in [-0.05, 0) is 32.0 Å². The highest BCUT2D eigenvalue weighted by molar-refractivity contribution is 6.00. The third-order valence-electron chi connectivity index (χ3n) is 6.34. The number of carbonyl (C=O) groups excluding carboxylic acids is 1. The first-order valence-electron chi connectivity index (χ1n) is 11.4. The summed E-state index contributed by atoms with van der Waals surface area (Å²) < 4.78 is 42.3. The van der Waals surface area contributed by atoms with Crippen LogP contribution in [0, 0.1) is 6.92 Å². The SMILES string of the molecule is Cc1ccc(N2CCN(C(=O)c3cnn4c(C(F)(F)F)cc(-c5ccccc5)nc34)C[C@@H]2C)cc1. The van der Waals surface area contributed by atoms with Crippen LogP contribution >= 0.6 is 0 Å². The zero-order valence-corrected chi connectivity index (χ0v) is 19.3. The first-order valence-corrected chi connectivity index (χ1v) is 11.4. The molecule has 1 aliphatic rings. The maximum atomic E-state index is 13.9. The van der Waals surface area contributed by atoms with Gasteiger partial charge >= 0.3 is 6.18 Å². The Balaban J connectivity index is 1.48. The summed E-state index contributed by atoms with van der Waals surface area (Å²) in [7, 11) is 0. The van der Waals surface area contributed by atoms with Crippen molar-refractivity contribution in [3.8, 4) is 11.3 Å². The number of anilines is 1. The number of aromatic nitrogens is 3. The average molecular weight is 480 g/mol. The molecule has 0 N–H and O–H groups in total. The van der Waals surface area contributed by atoms with E-state index in [1.54, 1.807) is 35.2 Å². The Bertz CT molecular complexity index is 1370. The minimum absolute atomic E-state index is 0.0378. The van der Waals surface area contributed by atoms with Crippen LogP contribution in [0.4, 0.5) is 18.9 Å². The molecule has 4 aromatic rings. The van der Waals surface area contributed by atoms with E-state index in [9.17, 15) is 18.0 Å². The number of piperazine rings is 1. The van der Waals surface area contributed by atoms with Gasteiger partial charge in [-0.2, -0.15) is 18.3 Å². The largest absolute Gasteiger partial charge is 0.433 e. The van der Waals surface area contributed by atoms with E-state index in [2.05, 4.69) is 27.1 Å². The summed E-state index contributed by atoms with van der Waals surface area (Å²) in [6, 6.07) is 17.8. The number of alkyl halides is 3. The Labute approximate surface area is 200 Å². The quantitative estimate of drug-likeness (QED) is 0.412. The number of amides is 1. The van der Waals surface area contributed by atoms with Crippen molar-refractivity contribution < 1.29 is 18.0 Å². The van der Waals surface area contributed by atoms with Crippen LogP contribution in [0.1, 0.15) is 28.5 Å². The van der Waals surface area contributed by atoms with Crippen molar-refractivity contribution in [1.29, 1.82) is 0 Å². The molecule has 0 aliphatic carbocycles. The van der Waals surface area contributed by atoms with Crippen LogP contribution in [-0.2, 0) is 6.18 Å². The van der Waals surface area contributed by atoms with E-state index in [-0.39, 0.29) is 28.9 Å². The normalized spacial score (nSPS) is 16.7. The fourth-order valence-electron chi connectivity index (χ4n) is 4.50. The number of aryl methyl sites for hydroxylation is 1. The molecule has 9 heteroatoms. The molecule has 2 aromatic heterocycles. The van der Waals surface area contributed by atoms with E-state index in [0.717, 1.165) is 11.8 Å². The highest BCUT2D eigenvalue weighted by Gasteiger charge is 2.37. The lowest BCUT2D eigenvalue weighted by Gasteiger charge is -2.41. The fourth-order valence-corrected chi connectivity index (χ4v) is 4.50. The number of rotatable bonds is 3. The minimum Gasteiger partial charge on any atom is -0.365 e. The third kappa shape index (κ3) is 4.34. The highest BCUT2D eigenvalue weighted by atomic mass is 19.4. The van der Waals surface area contributed by atoms with E-state index < -0.39 is 11.9 Å². The second-order valence-electron chi connectivity index (χ2n) is 8.81. The summed E-state index contributed by atoms with van der Waals surface area (Å²) in [6.45, 7) is 5.56. The number of nitrogens with zero attached hydrogens (tertiary/aromatic N) is 5. The predicted octanol–water partition coefficient (Wildman–Crippen LogP) is 5.07. The molecule has 1 fully saturated rings. The number of hydrogen-bond donors (Lipinski definition) is 0. The number of carbonyl (C=O) groups is 1. The van der Waals surface area contributed by atoms with Crippen LogP contribution in [0.3, 0.4) is 0 Å². The molecule has 6 nitrogen and oxygen atoms in total. The summed E-state index contributed by atoms with van der Waals surface area (Å²) >= 11 is 0. The monoisotopic (exact) mass is 479 g/mol. The van der Waals surface area contributed by atoms with Crippen molar-refractivity contribution in [3.05, 3.63) is 83.7 Å².